The zero-order valence-electron chi connectivity index (χ0n) is 10.7. The minimum Gasteiger partial charge on any atom is -0.384 e. The number of hydrogen-bond donors (Lipinski definition) is 1. The van der Waals surface area contributed by atoms with E-state index in [1.54, 1.807) is 12.1 Å². The van der Waals surface area contributed by atoms with E-state index in [0.717, 1.165) is 25.9 Å². The quantitative estimate of drug-likeness (QED) is 0.903. The van der Waals surface area contributed by atoms with Crippen molar-refractivity contribution in [1.82, 2.24) is 4.90 Å². The molecule has 1 aromatic carbocycles. The highest BCUT2D eigenvalue weighted by molar-refractivity contribution is 5.77. The lowest BCUT2D eigenvalue weighted by molar-refractivity contribution is -0.129. The maximum atomic E-state index is 13.3. The van der Waals surface area contributed by atoms with Crippen molar-refractivity contribution in [2.24, 2.45) is 0 Å². The highest BCUT2D eigenvalue weighted by Gasteiger charge is 2.16. The number of carbonyl (C=O) groups is 1. The second-order valence-electron chi connectivity index (χ2n) is 4.57. The van der Waals surface area contributed by atoms with E-state index in [1.165, 1.54) is 12.1 Å². The van der Waals surface area contributed by atoms with Crippen molar-refractivity contribution in [2.45, 2.75) is 19.3 Å². The second-order valence-corrected chi connectivity index (χ2v) is 4.57. The van der Waals surface area contributed by atoms with Crippen LogP contribution in [0, 0.1) is 17.1 Å². The van der Waals surface area contributed by atoms with Gasteiger partial charge in [0.1, 0.15) is 11.9 Å². The van der Waals surface area contributed by atoms with Crippen LogP contribution >= 0.6 is 0 Å². The number of anilines is 1. The van der Waals surface area contributed by atoms with E-state index >= 15 is 0 Å². The summed E-state index contributed by atoms with van der Waals surface area (Å²) in [5, 5.41) is 11.6. The maximum absolute atomic E-state index is 13.3. The number of nitrogens with zero attached hydrogens (tertiary/aromatic N) is 2. The molecule has 1 aromatic rings. The molecule has 0 atom stereocenters. The van der Waals surface area contributed by atoms with E-state index in [1.807, 2.05) is 4.90 Å². The minimum atomic E-state index is -0.543. The summed E-state index contributed by atoms with van der Waals surface area (Å²) in [6.45, 7) is 2.18. The molecule has 1 amide bonds. The van der Waals surface area contributed by atoms with E-state index in [-0.39, 0.29) is 11.5 Å². The van der Waals surface area contributed by atoms with Crippen LogP contribution in [0.2, 0.25) is 0 Å². The van der Waals surface area contributed by atoms with E-state index in [4.69, 9.17) is 5.26 Å². The van der Waals surface area contributed by atoms with Crippen LogP contribution in [0.4, 0.5) is 10.1 Å². The lowest BCUT2D eigenvalue weighted by Crippen LogP contribution is -2.29. The molecule has 5 heteroatoms. The largest absolute Gasteiger partial charge is 0.384 e. The standard InChI is InChI=1S/C14H16FN3O/c15-13-9-12(4-3-11(13)10-16)17-6-5-14(19)18-7-1-2-8-18/h3-4,9,17H,1-2,5-8H2. The Balaban J connectivity index is 1.81. The topological polar surface area (TPSA) is 56.1 Å². The molecule has 0 saturated carbocycles. The summed E-state index contributed by atoms with van der Waals surface area (Å²) in [4.78, 5) is 13.6. The molecule has 1 fully saturated rings. The third-order valence-corrected chi connectivity index (χ3v) is 3.22. The molecule has 0 bridgehead atoms. The Hall–Kier alpha value is -2.09. The van der Waals surface area contributed by atoms with Crippen molar-refractivity contribution in [1.29, 1.82) is 5.26 Å². The molecule has 0 aromatic heterocycles. The molecule has 0 radical (unpaired) electrons. The van der Waals surface area contributed by atoms with Gasteiger partial charge in [-0.3, -0.25) is 4.79 Å². The Morgan fingerprint density at radius 2 is 2.16 bits per heavy atom. The Bertz CT molecular complexity index is 504. The van der Waals surface area contributed by atoms with Gasteiger partial charge in [-0.05, 0) is 31.0 Å². The number of nitriles is 1. The summed E-state index contributed by atoms with van der Waals surface area (Å²) in [7, 11) is 0. The van der Waals surface area contributed by atoms with Crippen LogP contribution in [0.1, 0.15) is 24.8 Å². The van der Waals surface area contributed by atoms with E-state index in [0.29, 0.717) is 18.7 Å². The smallest absolute Gasteiger partial charge is 0.224 e. The van der Waals surface area contributed by atoms with Crippen LogP contribution in [0.25, 0.3) is 0 Å². The maximum Gasteiger partial charge on any atom is 0.224 e. The van der Waals surface area contributed by atoms with E-state index < -0.39 is 5.82 Å². The first kappa shape index (κ1) is 13.3. The molecule has 1 aliphatic rings. The third-order valence-electron chi connectivity index (χ3n) is 3.22. The van der Waals surface area contributed by atoms with Gasteiger partial charge in [0.15, 0.2) is 0 Å². The fourth-order valence-electron chi connectivity index (χ4n) is 2.15. The van der Waals surface area contributed by atoms with Crippen molar-refractivity contribution < 1.29 is 9.18 Å². The highest BCUT2D eigenvalue weighted by Crippen LogP contribution is 2.14. The van der Waals surface area contributed by atoms with Gasteiger partial charge in [0.05, 0.1) is 5.56 Å². The molecule has 100 valence electrons. The molecule has 0 spiro atoms. The van der Waals surface area contributed by atoms with Gasteiger partial charge in [0.2, 0.25) is 5.91 Å². The van der Waals surface area contributed by atoms with E-state index in [9.17, 15) is 9.18 Å². The first-order valence-corrected chi connectivity index (χ1v) is 6.42. The summed E-state index contributed by atoms with van der Waals surface area (Å²) >= 11 is 0. The molecular weight excluding hydrogens is 245 g/mol. The SMILES string of the molecule is N#Cc1ccc(NCCC(=O)N2CCCC2)cc1F. The number of benzene rings is 1. The van der Waals surface area contributed by atoms with Crippen molar-refractivity contribution >= 4 is 11.6 Å². The van der Waals surface area contributed by atoms with Gasteiger partial charge >= 0.3 is 0 Å². The van der Waals surface area contributed by atoms with Crippen molar-refractivity contribution in [2.75, 3.05) is 25.0 Å². The predicted octanol–water partition coefficient (Wildman–Crippen LogP) is 2.12. The van der Waals surface area contributed by atoms with Gasteiger partial charge < -0.3 is 10.2 Å². The molecule has 19 heavy (non-hydrogen) atoms. The summed E-state index contributed by atoms with van der Waals surface area (Å²) in [6, 6.07) is 6.12. The molecule has 1 saturated heterocycles. The molecule has 0 aliphatic carbocycles. The average molecular weight is 261 g/mol. The van der Waals surface area contributed by atoms with Gasteiger partial charge in [-0.25, -0.2) is 4.39 Å². The molecular formula is C14H16FN3O. The molecule has 1 aliphatic heterocycles. The third kappa shape index (κ3) is 3.44. The monoisotopic (exact) mass is 261 g/mol. The number of rotatable bonds is 4. The molecule has 0 unspecified atom stereocenters. The molecule has 2 rings (SSSR count). The Morgan fingerprint density at radius 3 is 2.79 bits per heavy atom. The predicted molar refractivity (Wildman–Crippen MR) is 70.0 cm³/mol. The van der Waals surface area contributed by atoms with Crippen LogP contribution in [-0.2, 0) is 4.79 Å². The number of carbonyl (C=O) groups excluding carboxylic acids is 1. The Kier molecular flexibility index (Phi) is 4.35. The summed E-state index contributed by atoms with van der Waals surface area (Å²) < 4.78 is 13.3. The van der Waals surface area contributed by atoms with Gasteiger partial charge in [0.25, 0.3) is 0 Å². The zero-order chi connectivity index (χ0) is 13.7. The van der Waals surface area contributed by atoms with Crippen molar-refractivity contribution in [3.05, 3.63) is 29.6 Å². The van der Waals surface area contributed by atoms with Gasteiger partial charge in [-0.1, -0.05) is 0 Å². The molecule has 4 nitrogen and oxygen atoms in total. The minimum absolute atomic E-state index is 0.0266. The van der Waals surface area contributed by atoms with Crippen LogP contribution in [0.5, 0.6) is 0 Å². The zero-order valence-corrected chi connectivity index (χ0v) is 10.7. The summed E-state index contributed by atoms with van der Waals surface area (Å²) in [5.74, 6) is -0.405. The lowest BCUT2D eigenvalue weighted by atomic mass is 10.2. The van der Waals surface area contributed by atoms with Gasteiger partial charge in [0, 0.05) is 31.7 Å². The fourth-order valence-corrected chi connectivity index (χ4v) is 2.15. The lowest BCUT2D eigenvalue weighted by Gasteiger charge is -2.15. The van der Waals surface area contributed by atoms with Crippen molar-refractivity contribution in [3.63, 3.8) is 0 Å². The van der Waals surface area contributed by atoms with Crippen LogP contribution < -0.4 is 5.32 Å². The number of likely N-dealkylation sites (tertiary alicyclic amines) is 1. The van der Waals surface area contributed by atoms with Gasteiger partial charge in [-0.15, -0.1) is 0 Å². The summed E-state index contributed by atoms with van der Waals surface area (Å²) in [5.41, 5.74) is 0.615. The van der Waals surface area contributed by atoms with Crippen LogP contribution in [-0.4, -0.2) is 30.4 Å². The molecule has 1 N–H and O–H groups in total. The fraction of sp³-hybridized carbons (Fsp3) is 0.429. The highest BCUT2D eigenvalue weighted by atomic mass is 19.1. The normalized spacial score (nSPS) is 14.2. The number of halogens is 1. The van der Waals surface area contributed by atoms with Crippen LogP contribution in [0.3, 0.4) is 0 Å². The number of nitrogens with one attached hydrogen (secondary N) is 1. The molecule has 1 heterocycles. The second kappa shape index (κ2) is 6.19. The van der Waals surface area contributed by atoms with Crippen molar-refractivity contribution in [3.8, 4) is 6.07 Å². The first-order valence-electron chi connectivity index (χ1n) is 6.42. The summed E-state index contributed by atoms with van der Waals surface area (Å²) in [6.07, 6.45) is 2.57. The number of amides is 1. The van der Waals surface area contributed by atoms with Gasteiger partial charge in [-0.2, -0.15) is 5.26 Å². The Morgan fingerprint density at radius 1 is 1.42 bits per heavy atom. The first-order chi connectivity index (χ1) is 9.20. The Labute approximate surface area is 111 Å². The average Bonchev–Trinajstić information content (AvgIpc) is 2.93. The van der Waals surface area contributed by atoms with Crippen LogP contribution in [0.15, 0.2) is 18.2 Å². The number of hydrogen-bond acceptors (Lipinski definition) is 3. The van der Waals surface area contributed by atoms with E-state index in [2.05, 4.69) is 5.32 Å².